The van der Waals surface area contributed by atoms with Crippen LogP contribution in [0.3, 0.4) is 0 Å². The zero-order valence-corrected chi connectivity index (χ0v) is 17.6. The molecule has 0 saturated carbocycles. The normalized spacial score (nSPS) is 24.8. The average Bonchev–Trinajstić information content (AvgIpc) is 2.75. The fourth-order valence-electron chi connectivity index (χ4n) is 4.72. The third-order valence-corrected chi connectivity index (χ3v) is 6.43. The van der Waals surface area contributed by atoms with E-state index in [1.807, 2.05) is 37.3 Å². The van der Waals surface area contributed by atoms with Gasteiger partial charge in [-0.2, -0.15) is 0 Å². The number of ether oxygens (including phenoxy) is 2. The molecule has 5 nitrogen and oxygen atoms in total. The Labute approximate surface area is 170 Å². The number of likely N-dealkylation sites (tertiary alicyclic amines) is 2. The minimum atomic E-state index is -0.440. The van der Waals surface area contributed by atoms with Crippen molar-refractivity contribution in [3.8, 4) is 5.75 Å². The van der Waals surface area contributed by atoms with Gasteiger partial charge in [-0.3, -0.25) is 9.69 Å². The first-order valence-electron chi connectivity index (χ1n) is 11.0. The van der Waals surface area contributed by atoms with E-state index in [2.05, 4.69) is 16.7 Å². The van der Waals surface area contributed by atoms with Crippen molar-refractivity contribution in [3.63, 3.8) is 0 Å². The van der Waals surface area contributed by atoms with Gasteiger partial charge in [0.1, 0.15) is 5.75 Å². The summed E-state index contributed by atoms with van der Waals surface area (Å²) in [4.78, 5) is 18.1. The van der Waals surface area contributed by atoms with Gasteiger partial charge in [0, 0.05) is 12.6 Å². The largest absolute Gasteiger partial charge is 0.494 e. The lowest BCUT2D eigenvalue weighted by molar-refractivity contribution is -0.161. The molecule has 3 rings (SSSR count). The Balaban J connectivity index is 1.63. The summed E-state index contributed by atoms with van der Waals surface area (Å²) in [7, 11) is 0. The van der Waals surface area contributed by atoms with Crippen LogP contribution in [0, 0.1) is 5.41 Å². The van der Waals surface area contributed by atoms with Crippen LogP contribution in [0.2, 0.25) is 0 Å². The predicted octanol–water partition coefficient (Wildman–Crippen LogP) is 3.59. The average molecular weight is 389 g/mol. The number of para-hydroxylation sites is 1. The summed E-state index contributed by atoms with van der Waals surface area (Å²) in [5, 5.41) is 0. The fourth-order valence-corrected chi connectivity index (χ4v) is 4.72. The maximum atomic E-state index is 13.0. The minimum Gasteiger partial charge on any atom is -0.494 e. The molecule has 0 bridgehead atoms. The first kappa shape index (κ1) is 21.1. The standard InChI is InChI=1S/C23H36N2O3/c1-3-24-16-11-20(12-17-24)25-15-8-13-23(19-25,22(26)27-4-2)14-18-28-21-9-6-5-7-10-21/h5-7,9-10,20H,3-4,8,11-19H2,1-2H3. The zero-order chi connectivity index (χ0) is 19.8. The molecule has 28 heavy (non-hydrogen) atoms. The van der Waals surface area contributed by atoms with E-state index in [1.54, 1.807) is 0 Å². The van der Waals surface area contributed by atoms with Gasteiger partial charge in [-0.15, -0.1) is 0 Å². The summed E-state index contributed by atoms with van der Waals surface area (Å²) in [6.45, 7) is 10.5. The highest BCUT2D eigenvalue weighted by atomic mass is 16.5. The molecule has 2 aliphatic heterocycles. The lowest BCUT2D eigenvalue weighted by atomic mass is 9.76. The first-order valence-corrected chi connectivity index (χ1v) is 11.0. The molecule has 5 heteroatoms. The lowest BCUT2D eigenvalue weighted by Gasteiger charge is -2.46. The Hall–Kier alpha value is -1.59. The van der Waals surface area contributed by atoms with Gasteiger partial charge in [0.05, 0.1) is 18.6 Å². The minimum absolute atomic E-state index is 0.0395. The topological polar surface area (TPSA) is 42.0 Å². The van der Waals surface area contributed by atoms with Gasteiger partial charge < -0.3 is 14.4 Å². The van der Waals surface area contributed by atoms with Crippen molar-refractivity contribution in [1.29, 1.82) is 0 Å². The van der Waals surface area contributed by atoms with Gasteiger partial charge in [-0.05, 0) is 77.3 Å². The van der Waals surface area contributed by atoms with Crippen LogP contribution in [-0.4, -0.2) is 67.7 Å². The number of piperidine rings is 2. The van der Waals surface area contributed by atoms with Crippen molar-refractivity contribution in [2.75, 3.05) is 45.9 Å². The van der Waals surface area contributed by atoms with Gasteiger partial charge in [-0.1, -0.05) is 25.1 Å². The van der Waals surface area contributed by atoms with Crippen molar-refractivity contribution in [3.05, 3.63) is 30.3 Å². The summed E-state index contributed by atoms with van der Waals surface area (Å²) in [5.74, 6) is 0.823. The van der Waals surface area contributed by atoms with Crippen molar-refractivity contribution >= 4 is 5.97 Å². The highest BCUT2D eigenvalue weighted by molar-refractivity contribution is 5.77. The van der Waals surface area contributed by atoms with Crippen molar-refractivity contribution in [2.24, 2.45) is 5.41 Å². The van der Waals surface area contributed by atoms with Crippen LogP contribution in [0.4, 0.5) is 0 Å². The maximum Gasteiger partial charge on any atom is 0.313 e. The molecular weight excluding hydrogens is 352 g/mol. The molecule has 2 fully saturated rings. The molecule has 0 aliphatic carbocycles. The van der Waals surface area contributed by atoms with Crippen LogP contribution in [0.5, 0.6) is 5.75 Å². The molecule has 2 aliphatic rings. The lowest BCUT2D eigenvalue weighted by Crippen LogP contribution is -2.54. The molecular formula is C23H36N2O3. The third kappa shape index (κ3) is 5.26. The summed E-state index contributed by atoms with van der Waals surface area (Å²) in [6, 6.07) is 10.4. The van der Waals surface area contributed by atoms with Gasteiger partial charge in [0.15, 0.2) is 0 Å². The van der Waals surface area contributed by atoms with E-state index in [-0.39, 0.29) is 5.97 Å². The monoisotopic (exact) mass is 388 g/mol. The van der Waals surface area contributed by atoms with E-state index < -0.39 is 5.41 Å². The quantitative estimate of drug-likeness (QED) is 0.637. The number of esters is 1. The number of nitrogens with zero attached hydrogens (tertiary/aromatic N) is 2. The van der Waals surface area contributed by atoms with E-state index in [0.29, 0.717) is 25.7 Å². The third-order valence-electron chi connectivity index (χ3n) is 6.43. The highest BCUT2D eigenvalue weighted by Gasteiger charge is 2.45. The van der Waals surface area contributed by atoms with Gasteiger partial charge in [-0.25, -0.2) is 0 Å². The number of hydrogen-bond acceptors (Lipinski definition) is 5. The first-order chi connectivity index (χ1) is 13.7. The van der Waals surface area contributed by atoms with E-state index in [0.717, 1.165) is 38.2 Å². The Morgan fingerprint density at radius 3 is 2.57 bits per heavy atom. The SMILES string of the molecule is CCOC(=O)C1(CCOc2ccccc2)CCCN(C2CCN(CC)CC2)C1. The summed E-state index contributed by atoms with van der Waals surface area (Å²) >= 11 is 0. The molecule has 0 amide bonds. The number of hydrogen-bond donors (Lipinski definition) is 0. The molecule has 1 unspecified atom stereocenters. The van der Waals surface area contributed by atoms with Gasteiger partial charge in [0.2, 0.25) is 0 Å². The molecule has 2 saturated heterocycles. The van der Waals surface area contributed by atoms with Crippen LogP contribution in [0.15, 0.2) is 30.3 Å². The number of carbonyl (C=O) groups excluding carboxylic acids is 1. The molecule has 0 N–H and O–H groups in total. The second-order valence-electron chi connectivity index (χ2n) is 8.15. The molecule has 0 radical (unpaired) electrons. The van der Waals surface area contributed by atoms with Crippen LogP contribution in [-0.2, 0) is 9.53 Å². The summed E-state index contributed by atoms with van der Waals surface area (Å²) in [6.07, 6.45) is 5.07. The Morgan fingerprint density at radius 1 is 1.14 bits per heavy atom. The summed E-state index contributed by atoms with van der Waals surface area (Å²) < 4.78 is 11.5. The second kappa shape index (κ2) is 10.3. The predicted molar refractivity (Wildman–Crippen MR) is 112 cm³/mol. The van der Waals surface area contributed by atoms with Gasteiger partial charge >= 0.3 is 5.97 Å². The van der Waals surface area contributed by atoms with Crippen LogP contribution in [0.25, 0.3) is 0 Å². The van der Waals surface area contributed by atoms with Gasteiger partial charge in [0.25, 0.3) is 0 Å². The molecule has 1 aromatic rings. The molecule has 0 aromatic heterocycles. The van der Waals surface area contributed by atoms with E-state index in [4.69, 9.17) is 9.47 Å². The van der Waals surface area contributed by atoms with E-state index in [1.165, 1.54) is 25.9 Å². The van der Waals surface area contributed by atoms with Crippen molar-refractivity contribution in [2.45, 2.75) is 52.0 Å². The Kier molecular flexibility index (Phi) is 7.74. The Morgan fingerprint density at radius 2 is 1.89 bits per heavy atom. The van der Waals surface area contributed by atoms with Crippen molar-refractivity contribution in [1.82, 2.24) is 9.80 Å². The van der Waals surface area contributed by atoms with Crippen molar-refractivity contribution < 1.29 is 14.3 Å². The van der Waals surface area contributed by atoms with E-state index >= 15 is 0 Å². The zero-order valence-electron chi connectivity index (χ0n) is 17.6. The fraction of sp³-hybridized carbons (Fsp3) is 0.696. The molecule has 1 aromatic carbocycles. The number of rotatable bonds is 8. The van der Waals surface area contributed by atoms with Crippen LogP contribution >= 0.6 is 0 Å². The second-order valence-corrected chi connectivity index (χ2v) is 8.15. The smallest absolute Gasteiger partial charge is 0.313 e. The highest BCUT2D eigenvalue weighted by Crippen LogP contribution is 2.37. The van der Waals surface area contributed by atoms with Crippen LogP contribution in [0.1, 0.15) is 46.0 Å². The maximum absolute atomic E-state index is 13.0. The number of benzene rings is 1. The Bertz CT molecular complexity index is 601. The van der Waals surface area contributed by atoms with E-state index in [9.17, 15) is 4.79 Å². The molecule has 0 spiro atoms. The molecule has 2 heterocycles. The summed E-state index contributed by atoms with van der Waals surface area (Å²) in [5.41, 5.74) is -0.440. The molecule has 156 valence electrons. The number of carbonyl (C=O) groups is 1. The van der Waals surface area contributed by atoms with Crippen LogP contribution < -0.4 is 4.74 Å². The molecule has 1 atom stereocenters.